The van der Waals surface area contributed by atoms with Crippen LogP contribution in [0.2, 0.25) is 0 Å². The molecule has 1 N–H and O–H groups in total. The molecule has 3 rings (SSSR count). The molecule has 2 fully saturated rings. The molecule has 2 amide bonds. The zero-order chi connectivity index (χ0) is 19.8. The predicted molar refractivity (Wildman–Crippen MR) is 113 cm³/mol. The molecule has 0 radical (unpaired) electrons. The van der Waals surface area contributed by atoms with Crippen molar-refractivity contribution in [3.63, 3.8) is 0 Å². The number of hydrogen-bond donors (Lipinski definition) is 1. The molecule has 0 spiro atoms. The fraction of sp³-hybridized carbons (Fsp3) is 0.478. The molecular formula is C23H31N3O2. The quantitative estimate of drug-likeness (QED) is 0.584. The molecule has 1 saturated heterocycles. The highest BCUT2D eigenvalue weighted by molar-refractivity contribution is 5.91. The van der Waals surface area contributed by atoms with E-state index in [1.54, 1.807) is 12.2 Å². The second-order valence-corrected chi connectivity index (χ2v) is 7.63. The average Bonchev–Trinajstić information content (AvgIpc) is 3.26. The van der Waals surface area contributed by atoms with Crippen molar-refractivity contribution in [1.29, 1.82) is 0 Å². The van der Waals surface area contributed by atoms with Crippen molar-refractivity contribution in [2.75, 3.05) is 32.7 Å². The molecule has 0 bridgehead atoms. The van der Waals surface area contributed by atoms with E-state index in [9.17, 15) is 9.59 Å². The van der Waals surface area contributed by atoms with Crippen molar-refractivity contribution < 1.29 is 9.59 Å². The van der Waals surface area contributed by atoms with Gasteiger partial charge in [0.1, 0.15) is 0 Å². The number of carbonyl (C=O) groups is 2. The molecule has 28 heavy (non-hydrogen) atoms. The molecule has 0 aromatic heterocycles. The fourth-order valence-electron chi connectivity index (χ4n) is 4.29. The predicted octanol–water partition coefficient (Wildman–Crippen LogP) is 2.71. The smallest absolute Gasteiger partial charge is 0.246 e. The summed E-state index contributed by atoms with van der Waals surface area (Å²) in [5, 5.41) is 2.99. The van der Waals surface area contributed by atoms with E-state index >= 15 is 0 Å². The van der Waals surface area contributed by atoms with Gasteiger partial charge in [-0.05, 0) is 30.4 Å². The van der Waals surface area contributed by atoms with E-state index in [0.717, 1.165) is 31.5 Å². The fourth-order valence-corrected chi connectivity index (χ4v) is 4.29. The maximum Gasteiger partial charge on any atom is 0.246 e. The first-order valence-corrected chi connectivity index (χ1v) is 10.3. The van der Waals surface area contributed by atoms with Crippen molar-refractivity contribution in [2.24, 2.45) is 5.92 Å². The van der Waals surface area contributed by atoms with Crippen LogP contribution in [0.3, 0.4) is 0 Å². The molecule has 2 aliphatic rings. The van der Waals surface area contributed by atoms with Gasteiger partial charge in [-0.15, -0.1) is 6.58 Å². The third kappa shape index (κ3) is 5.32. The van der Waals surface area contributed by atoms with Crippen molar-refractivity contribution in [2.45, 2.75) is 31.7 Å². The van der Waals surface area contributed by atoms with Crippen LogP contribution in [-0.4, -0.2) is 60.4 Å². The first-order valence-electron chi connectivity index (χ1n) is 10.3. The summed E-state index contributed by atoms with van der Waals surface area (Å²) >= 11 is 0. The number of amides is 2. The molecule has 0 unspecified atom stereocenters. The van der Waals surface area contributed by atoms with Crippen LogP contribution >= 0.6 is 0 Å². The van der Waals surface area contributed by atoms with E-state index in [1.165, 1.54) is 12.8 Å². The Morgan fingerprint density at radius 1 is 1.11 bits per heavy atom. The normalized spacial score (nSPS) is 19.6. The Morgan fingerprint density at radius 2 is 1.79 bits per heavy atom. The largest absolute Gasteiger partial charge is 0.351 e. The van der Waals surface area contributed by atoms with E-state index in [-0.39, 0.29) is 17.9 Å². The van der Waals surface area contributed by atoms with Gasteiger partial charge in [0.25, 0.3) is 0 Å². The minimum atomic E-state index is -0.0837. The summed E-state index contributed by atoms with van der Waals surface area (Å²) in [6.45, 7) is 7.01. The van der Waals surface area contributed by atoms with Gasteiger partial charge in [-0.2, -0.15) is 0 Å². The minimum Gasteiger partial charge on any atom is -0.351 e. The van der Waals surface area contributed by atoms with Gasteiger partial charge in [0.15, 0.2) is 0 Å². The maximum atomic E-state index is 12.8. The van der Waals surface area contributed by atoms with Crippen molar-refractivity contribution in [3.05, 3.63) is 54.6 Å². The second-order valence-electron chi connectivity index (χ2n) is 7.63. The first-order chi connectivity index (χ1) is 13.7. The number of benzene rings is 1. The van der Waals surface area contributed by atoms with Crippen molar-refractivity contribution >= 4 is 17.9 Å². The van der Waals surface area contributed by atoms with Crippen LogP contribution in [-0.2, 0) is 9.59 Å². The van der Waals surface area contributed by atoms with E-state index in [1.807, 2.05) is 41.3 Å². The van der Waals surface area contributed by atoms with Crippen LogP contribution in [0.1, 0.15) is 31.2 Å². The van der Waals surface area contributed by atoms with Crippen LogP contribution in [0.25, 0.3) is 6.08 Å². The highest BCUT2D eigenvalue weighted by Gasteiger charge is 2.36. The molecule has 150 valence electrons. The molecule has 1 atom stereocenters. The van der Waals surface area contributed by atoms with Gasteiger partial charge in [-0.25, -0.2) is 0 Å². The molecule has 1 aliphatic carbocycles. The molecule has 1 saturated carbocycles. The van der Waals surface area contributed by atoms with Crippen molar-refractivity contribution in [3.8, 4) is 0 Å². The lowest BCUT2D eigenvalue weighted by Crippen LogP contribution is -2.57. The summed E-state index contributed by atoms with van der Waals surface area (Å²) in [5.41, 5.74) is 1.02. The highest BCUT2D eigenvalue weighted by atomic mass is 16.2. The number of nitrogens with zero attached hydrogens (tertiary/aromatic N) is 2. The van der Waals surface area contributed by atoms with E-state index < -0.39 is 0 Å². The molecule has 1 aromatic rings. The minimum absolute atomic E-state index is 0.0389. The topological polar surface area (TPSA) is 52.7 Å². The van der Waals surface area contributed by atoms with Crippen LogP contribution in [0.5, 0.6) is 0 Å². The van der Waals surface area contributed by atoms with Gasteiger partial charge < -0.3 is 10.2 Å². The summed E-state index contributed by atoms with van der Waals surface area (Å²) in [6, 6.07) is 9.77. The number of carbonyl (C=O) groups excluding carboxylic acids is 2. The SMILES string of the molecule is C=CCNC(=O)[C@@H](C1CCCC1)N1CCN(C(=O)/C=C/c2ccccc2)CC1. The lowest BCUT2D eigenvalue weighted by Gasteiger charge is -2.40. The van der Waals surface area contributed by atoms with Gasteiger partial charge >= 0.3 is 0 Å². The molecular weight excluding hydrogens is 350 g/mol. The van der Waals surface area contributed by atoms with E-state index in [2.05, 4.69) is 16.8 Å². The van der Waals surface area contributed by atoms with Crippen LogP contribution in [0, 0.1) is 5.92 Å². The number of rotatable bonds is 7. The number of hydrogen-bond acceptors (Lipinski definition) is 3. The van der Waals surface area contributed by atoms with E-state index in [4.69, 9.17) is 0 Å². The molecule has 5 heteroatoms. The van der Waals surface area contributed by atoms with Gasteiger partial charge in [-0.3, -0.25) is 14.5 Å². The molecule has 5 nitrogen and oxygen atoms in total. The summed E-state index contributed by atoms with van der Waals surface area (Å²) < 4.78 is 0. The Hall–Kier alpha value is -2.40. The van der Waals surface area contributed by atoms with Crippen LogP contribution < -0.4 is 5.32 Å². The Labute approximate surface area is 168 Å². The monoisotopic (exact) mass is 381 g/mol. The first kappa shape index (κ1) is 20.3. The Kier molecular flexibility index (Phi) is 7.43. The van der Waals surface area contributed by atoms with Crippen molar-refractivity contribution in [1.82, 2.24) is 15.1 Å². The third-order valence-corrected chi connectivity index (χ3v) is 5.77. The van der Waals surface area contributed by atoms with Crippen LogP contribution in [0.15, 0.2) is 49.1 Å². The van der Waals surface area contributed by atoms with Gasteiger partial charge in [0.05, 0.1) is 6.04 Å². The summed E-state index contributed by atoms with van der Waals surface area (Å²) in [5.74, 6) is 0.567. The van der Waals surface area contributed by atoms with Gasteiger partial charge in [0.2, 0.25) is 11.8 Å². The summed E-state index contributed by atoms with van der Waals surface area (Å²) in [7, 11) is 0. The molecule has 1 aliphatic heterocycles. The average molecular weight is 382 g/mol. The zero-order valence-electron chi connectivity index (χ0n) is 16.6. The summed E-state index contributed by atoms with van der Waals surface area (Å²) in [4.78, 5) is 29.4. The van der Waals surface area contributed by atoms with Gasteiger partial charge in [-0.1, -0.05) is 49.2 Å². The van der Waals surface area contributed by atoms with Crippen LogP contribution in [0.4, 0.5) is 0 Å². The van der Waals surface area contributed by atoms with Gasteiger partial charge in [0, 0.05) is 38.8 Å². The maximum absolute atomic E-state index is 12.8. The molecule has 1 aromatic carbocycles. The Bertz CT molecular complexity index is 687. The third-order valence-electron chi connectivity index (χ3n) is 5.77. The lowest BCUT2D eigenvalue weighted by atomic mass is 9.95. The zero-order valence-corrected chi connectivity index (χ0v) is 16.6. The van der Waals surface area contributed by atoms with E-state index in [0.29, 0.717) is 25.6 Å². The molecule has 1 heterocycles. The standard InChI is InChI=1S/C23H31N3O2/c1-2-14-24-23(28)22(20-10-6-7-11-20)26-17-15-25(16-18-26)21(27)13-12-19-8-4-3-5-9-19/h2-5,8-9,12-13,20,22H,1,6-7,10-11,14-18H2,(H,24,28)/b13-12+/t22-/m1/s1. The summed E-state index contributed by atoms with van der Waals surface area (Å²) in [6.07, 6.45) is 9.88. The second kappa shape index (κ2) is 10.2. The highest BCUT2D eigenvalue weighted by Crippen LogP contribution is 2.31. The lowest BCUT2D eigenvalue weighted by molar-refractivity contribution is -0.132. The number of piperazine rings is 1. The number of nitrogens with one attached hydrogen (secondary N) is 1. The Morgan fingerprint density at radius 3 is 2.43 bits per heavy atom. The Balaban J connectivity index is 1.57.